The van der Waals surface area contributed by atoms with Crippen LogP contribution < -0.4 is 5.32 Å². The molecular weight excluding hydrogens is 472 g/mol. The van der Waals surface area contributed by atoms with Crippen molar-refractivity contribution in [2.75, 3.05) is 18.5 Å². The van der Waals surface area contributed by atoms with Crippen LogP contribution in [0.2, 0.25) is 0 Å². The van der Waals surface area contributed by atoms with E-state index in [-0.39, 0.29) is 29.6 Å². The Kier molecular flexibility index (Phi) is 7.13. The molecule has 1 unspecified atom stereocenters. The van der Waals surface area contributed by atoms with Crippen LogP contribution in [-0.4, -0.2) is 55.4 Å². The molecule has 0 bridgehead atoms. The zero-order chi connectivity index (χ0) is 25.2. The molecule has 0 aromatic heterocycles. The Morgan fingerprint density at radius 3 is 2.46 bits per heavy atom. The Morgan fingerprint density at radius 2 is 1.74 bits per heavy atom. The summed E-state index contributed by atoms with van der Waals surface area (Å²) in [6.07, 6.45) is 2.39. The Morgan fingerprint density at radius 1 is 1.03 bits per heavy atom. The van der Waals surface area contributed by atoms with E-state index in [9.17, 15) is 27.6 Å². The number of fused-ring (bicyclic) bond motifs is 1. The molecule has 0 spiro atoms. The van der Waals surface area contributed by atoms with Crippen LogP contribution in [0.4, 0.5) is 5.69 Å². The molecule has 1 saturated heterocycles. The van der Waals surface area contributed by atoms with Crippen molar-refractivity contribution in [3.63, 3.8) is 0 Å². The topological polar surface area (TPSA) is 127 Å². The third-order valence-corrected chi connectivity index (χ3v) is 8.18. The van der Waals surface area contributed by atoms with Crippen LogP contribution in [0.15, 0.2) is 47.4 Å². The highest BCUT2D eigenvalue weighted by Crippen LogP contribution is 2.27. The van der Waals surface area contributed by atoms with Crippen LogP contribution in [-0.2, 0) is 30.8 Å². The lowest BCUT2D eigenvalue weighted by molar-refractivity contribution is -0.148. The number of rotatable bonds is 7. The van der Waals surface area contributed by atoms with Crippen molar-refractivity contribution in [3.8, 4) is 0 Å². The Bertz CT molecular complexity index is 1290. The second-order valence-electron chi connectivity index (χ2n) is 8.66. The van der Waals surface area contributed by atoms with Gasteiger partial charge >= 0.3 is 5.97 Å². The van der Waals surface area contributed by atoms with Crippen molar-refractivity contribution < 1.29 is 32.3 Å². The van der Waals surface area contributed by atoms with E-state index in [1.807, 2.05) is 0 Å². The number of hydrogen-bond acceptors (Lipinski definition) is 7. The van der Waals surface area contributed by atoms with Gasteiger partial charge in [-0.25, -0.2) is 8.42 Å². The molecule has 10 heteroatoms. The van der Waals surface area contributed by atoms with Gasteiger partial charge in [0.25, 0.3) is 0 Å². The zero-order valence-corrected chi connectivity index (χ0v) is 20.1. The van der Waals surface area contributed by atoms with Gasteiger partial charge in [-0.3, -0.25) is 19.2 Å². The van der Waals surface area contributed by atoms with Crippen molar-refractivity contribution in [2.45, 2.75) is 50.0 Å². The Labute approximate surface area is 203 Å². The van der Waals surface area contributed by atoms with Gasteiger partial charge in [0.2, 0.25) is 15.9 Å². The van der Waals surface area contributed by atoms with E-state index >= 15 is 0 Å². The second kappa shape index (κ2) is 10.1. The van der Waals surface area contributed by atoms with Crippen LogP contribution in [0, 0.1) is 0 Å². The van der Waals surface area contributed by atoms with E-state index in [1.165, 1.54) is 31.2 Å². The Hall–Kier alpha value is -3.37. The summed E-state index contributed by atoms with van der Waals surface area (Å²) in [4.78, 5) is 48.5. The standard InChI is InChI=1S/C25H26N2O7S/c1-16(28)17-5-9-20(10-6-17)35(32,33)27-13-3-2-4-22(27)25(31)34-15-23(29)19-7-11-21-18(14-19)8-12-24(30)26-21/h5-7,9-11,14,22H,2-4,8,12-13,15H2,1H3,(H,26,30). The zero-order valence-electron chi connectivity index (χ0n) is 19.3. The molecule has 1 N–H and O–H groups in total. The number of nitrogens with zero attached hydrogens (tertiary/aromatic N) is 1. The molecule has 9 nitrogen and oxygen atoms in total. The summed E-state index contributed by atoms with van der Waals surface area (Å²) in [6.45, 7) is 1.03. The first-order valence-corrected chi connectivity index (χ1v) is 12.9. The van der Waals surface area contributed by atoms with E-state index in [2.05, 4.69) is 5.32 Å². The van der Waals surface area contributed by atoms with E-state index in [4.69, 9.17) is 4.74 Å². The number of ketones is 2. The van der Waals surface area contributed by atoms with E-state index < -0.39 is 34.4 Å². The number of amides is 1. The molecule has 2 heterocycles. The fourth-order valence-corrected chi connectivity index (χ4v) is 5.95. The van der Waals surface area contributed by atoms with Gasteiger partial charge in [-0.2, -0.15) is 4.31 Å². The number of hydrogen-bond donors (Lipinski definition) is 1. The van der Waals surface area contributed by atoms with Gasteiger partial charge in [-0.1, -0.05) is 12.1 Å². The highest BCUT2D eigenvalue weighted by Gasteiger charge is 2.38. The van der Waals surface area contributed by atoms with Gasteiger partial charge in [0.15, 0.2) is 18.2 Å². The molecule has 2 aromatic carbocycles. The number of sulfonamides is 1. The largest absolute Gasteiger partial charge is 0.456 e. The van der Waals surface area contributed by atoms with E-state index in [0.29, 0.717) is 42.5 Å². The van der Waals surface area contributed by atoms with Gasteiger partial charge in [0.05, 0.1) is 4.90 Å². The van der Waals surface area contributed by atoms with Crippen LogP contribution in [0.1, 0.15) is 58.9 Å². The molecule has 4 rings (SSSR count). The van der Waals surface area contributed by atoms with Crippen molar-refractivity contribution in [1.29, 1.82) is 0 Å². The average Bonchev–Trinajstić information content (AvgIpc) is 2.86. The maximum Gasteiger partial charge on any atom is 0.324 e. The molecule has 2 aliphatic rings. The molecular formula is C25H26N2O7S. The van der Waals surface area contributed by atoms with Crippen molar-refractivity contribution in [3.05, 3.63) is 59.2 Å². The quantitative estimate of drug-likeness (QED) is 0.459. The van der Waals surface area contributed by atoms with Crippen LogP contribution in [0.25, 0.3) is 0 Å². The fraction of sp³-hybridized carbons (Fsp3) is 0.360. The molecule has 0 aliphatic carbocycles. The highest BCUT2D eigenvalue weighted by molar-refractivity contribution is 7.89. The summed E-state index contributed by atoms with van der Waals surface area (Å²) in [5.74, 6) is -1.44. The lowest BCUT2D eigenvalue weighted by Crippen LogP contribution is -2.48. The molecule has 184 valence electrons. The highest BCUT2D eigenvalue weighted by atomic mass is 32.2. The van der Waals surface area contributed by atoms with E-state index in [1.54, 1.807) is 18.2 Å². The Balaban J connectivity index is 1.44. The fourth-order valence-electron chi connectivity index (χ4n) is 4.30. The lowest BCUT2D eigenvalue weighted by Gasteiger charge is -2.33. The number of anilines is 1. The summed E-state index contributed by atoms with van der Waals surface area (Å²) in [5, 5.41) is 2.75. The van der Waals surface area contributed by atoms with Gasteiger partial charge in [0, 0.05) is 29.8 Å². The maximum atomic E-state index is 13.2. The van der Waals surface area contributed by atoms with Crippen molar-refractivity contribution in [2.24, 2.45) is 0 Å². The number of aryl methyl sites for hydroxylation is 1. The lowest BCUT2D eigenvalue weighted by atomic mass is 9.99. The number of esters is 1. The van der Waals surface area contributed by atoms with E-state index in [0.717, 1.165) is 9.87 Å². The first kappa shape index (κ1) is 24.7. The summed E-state index contributed by atoms with van der Waals surface area (Å²) >= 11 is 0. The first-order chi connectivity index (χ1) is 16.7. The molecule has 0 saturated carbocycles. The normalized spacial score (nSPS) is 18.3. The van der Waals surface area contributed by atoms with Gasteiger partial charge < -0.3 is 10.1 Å². The molecule has 35 heavy (non-hydrogen) atoms. The summed E-state index contributed by atoms with van der Waals surface area (Å²) in [6, 6.07) is 9.43. The number of Topliss-reactive ketones (excluding diaryl/α,β-unsaturated/α-hetero) is 2. The number of carbonyl (C=O) groups excluding carboxylic acids is 4. The maximum absolute atomic E-state index is 13.2. The minimum Gasteiger partial charge on any atom is -0.456 e. The molecule has 0 radical (unpaired) electrons. The molecule has 1 fully saturated rings. The van der Waals surface area contributed by atoms with Crippen molar-refractivity contribution >= 4 is 39.2 Å². The summed E-state index contributed by atoms with van der Waals surface area (Å²) in [7, 11) is -4.00. The van der Waals surface area contributed by atoms with Crippen LogP contribution >= 0.6 is 0 Å². The third kappa shape index (κ3) is 5.33. The van der Waals surface area contributed by atoms with Crippen LogP contribution in [0.3, 0.4) is 0 Å². The predicted molar refractivity (Wildman–Crippen MR) is 127 cm³/mol. The summed E-state index contributed by atoms with van der Waals surface area (Å²) in [5.41, 5.74) is 2.24. The minimum absolute atomic E-state index is 0.0144. The summed E-state index contributed by atoms with van der Waals surface area (Å²) < 4.78 is 32.9. The molecule has 2 aliphatic heterocycles. The predicted octanol–water partition coefficient (Wildman–Crippen LogP) is 2.74. The number of benzene rings is 2. The number of ether oxygens (including phenoxy) is 1. The number of nitrogens with one attached hydrogen (secondary N) is 1. The molecule has 1 amide bonds. The second-order valence-corrected chi connectivity index (χ2v) is 10.5. The van der Waals surface area contributed by atoms with Crippen molar-refractivity contribution in [1.82, 2.24) is 4.31 Å². The smallest absolute Gasteiger partial charge is 0.324 e. The monoisotopic (exact) mass is 498 g/mol. The molecule has 2 aromatic rings. The third-order valence-electron chi connectivity index (χ3n) is 6.26. The van der Waals surface area contributed by atoms with Gasteiger partial charge in [-0.05, 0) is 68.5 Å². The first-order valence-electron chi connectivity index (χ1n) is 11.4. The molecule has 1 atom stereocenters. The SMILES string of the molecule is CC(=O)c1ccc(S(=O)(=O)N2CCCCC2C(=O)OCC(=O)c2ccc3c(c2)CCC(=O)N3)cc1. The number of piperidine rings is 1. The van der Waals surface area contributed by atoms with Gasteiger partial charge in [0.1, 0.15) is 6.04 Å². The van der Waals surface area contributed by atoms with Crippen LogP contribution in [0.5, 0.6) is 0 Å². The number of carbonyl (C=O) groups is 4. The average molecular weight is 499 g/mol. The minimum atomic E-state index is -4.00. The van der Waals surface area contributed by atoms with Gasteiger partial charge in [-0.15, -0.1) is 0 Å².